The lowest BCUT2D eigenvalue weighted by molar-refractivity contribution is 0.0967. The van der Waals surface area contributed by atoms with E-state index in [1.165, 1.54) is 11.3 Å². The summed E-state index contributed by atoms with van der Waals surface area (Å²) in [4.78, 5) is 14.5. The summed E-state index contributed by atoms with van der Waals surface area (Å²) < 4.78 is 10.8. The molecule has 1 saturated heterocycles. The summed E-state index contributed by atoms with van der Waals surface area (Å²) in [5, 5.41) is 3.50. The summed E-state index contributed by atoms with van der Waals surface area (Å²) in [5.41, 5.74) is 6.41. The molecule has 0 aromatic carbocycles. The number of amides is 1. The minimum atomic E-state index is -0.182. The third kappa shape index (κ3) is 2.76. The summed E-state index contributed by atoms with van der Waals surface area (Å²) in [6.07, 6.45) is 0.955. The number of ether oxygens (including phenoxy) is 2. The molecule has 7 heteroatoms. The van der Waals surface area contributed by atoms with E-state index in [4.69, 9.17) is 15.2 Å². The van der Waals surface area contributed by atoms with Crippen molar-refractivity contribution >= 4 is 27.9 Å². The molecule has 0 atom stereocenters. The first-order chi connectivity index (χ1) is 9.19. The van der Waals surface area contributed by atoms with E-state index in [1.54, 1.807) is 14.2 Å². The number of nitrogens with two attached hydrogens (primary N) is 1. The maximum absolute atomic E-state index is 11.8. The molecular formula is C12H19N3O3S. The van der Waals surface area contributed by atoms with Crippen LogP contribution in [0, 0.1) is 0 Å². The normalized spacial score (nSPS) is 16.0. The lowest BCUT2D eigenvalue weighted by Crippen LogP contribution is -2.25. The smallest absolute Gasteiger partial charge is 0.263 e. The number of carbonyl (C=O) groups excluding carboxylic acids is 1. The van der Waals surface area contributed by atoms with Crippen LogP contribution in [0.3, 0.4) is 0 Å². The predicted octanol–water partition coefficient (Wildman–Crippen LogP) is 0.925. The lowest BCUT2D eigenvalue weighted by Gasteiger charge is -2.20. The van der Waals surface area contributed by atoms with Gasteiger partial charge in [-0.2, -0.15) is 0 Å². The van der Waals surface area contributed by atoms with Crippen molar-refractivity contribution in [1.82, 2.24) is 5.32 Å². The van der Waals surface area contributed by atoms with Crippen molar-refractivity contribution in [3.8, 4) is 5.75 Å². The Kier molecular flexibility index (Phi) is 4.49. The number of hydrogen-bond donors (Lipinski definition) is 2. The zero-order valence-electron chi connectivity index (χ0n) is 11.2. The SMILES string of the molecule is CNC(=O)c1sc(N2CCCOCC2)c(OC)c1N. The van der Waals surface area contributed by atoms with Crippen molar-refractivity contribution in [3.05, 3.63) is 4.88 Å². The number of nitrogen functional groups attached to an aromatic ring is 1. The molecule has 1 aromatic heterocycles. The first-order valence-corrected chi connectivity index (χ1v) is 7.01. The van der Waals surface area contributed by atoms with Crippen molar-refractivity contribution in [2.75, 3.05) is 51.1 Å². The van der Waals surface area contributed by atoms with Crippen LogP contribution >= 0.6 is 11.3 Å². The van der Waals surface area contributed by atoms with E-state index >= 15 is 0 Å². The van der Waals surface area contributed by atoms with Gasteiger partial charge in [-0.25, -0.2) is 0 Å². The number of thiophene rings is 1. The number of nitrogens with one attached hydrogen (secondary N) is 1. The van der Waals surface area contributed by atoms with Crippen LogP contribution in [-0.2, 0) is 4.74 Å². The van der Waals surface area contributed by atoms with Crippen molar-refractivity contribution in [2.45, 2.75) is 6.42 Å². The van der Waals surface area contributed by atoms with Gasteiger partial charge in [-0.05, 0) is 6.42 Å². The largest absolute Gasteiger partial charge is 0.492 e. The van der Waals surface area contributed by atoms with Gasteiger partial charge in [-0.15, -0.1) is 11.3 Å². The number of methoxy groups -OCH3 is 1. The molecule has 0 aliphatic carbocycles. The second-order valence-corrected chi connectivity index (χ2v) is 5.21. The topological polar surface area (TPSA) is 76.8 Å². The van der Waals surface area contributed by atoms with Crippen LogP contribution in [-0.4, -0.2) is 46.4 Å². The number of anilines is 2. The molecule has 6 nitrogen and oxygen atoms in total. The molecule has 0 unspecified atom stereocenters. The Bertz CT molecular complexity index is 453. The average Bonchev–Trinajstić information content (AvgIpc) is 2.61. The van der Waals surface area contributed by atoms with E-state index in [9.17, 15) is 4.79 Å². The van der Waals surface area contributed by atoms with Gasteiger partial charge in [0, 0.05) is 26.7 Å². The van der Waals surface area contributed by atoms with Gasteiger partial charge in [0.05, 0.1) is 13.7 Å². The van der Waals surface area contributed by atoms with E-state index in [1.807, 2.05) is 0 Å². The van der Waals surface area contributed by atoms with Gasteiger partial charge in [-0.1, -0.05) is 0 Å². The Balaban J connectivity index is 2.35. The van der Waals surface area contributed by atoms with Gasteiger partial charge in [0.25, 0.3) is 5.91 Å². The molecule has 1 fully saturated rings. The van der Waals surface area contributed by atoms with Crippen molar-refractivity contribution in [2.24, 2.45) is 0 Å². The molecule has 3 N–H and O–H groups in total. The Morgan fingerprint density at radius 3 is 2.95 bits per heavy atom. The van der Waals surface area contributed by atoms with Crippen molar-refractivity contribution < 1.29 is 14.3 Å². The van der Waals surface area contributed by atoms with Crippen LogP contribution < -0.4 is 20.7 Å². The van der Waals surface area contributed by atoms with Gasteiger partial charge in [-0.3, -0.25) is 4.79 Å². The fraction of sp³-hybridized carbons (Fsp3) is 0.583. The number of hydrogen-bond acceptors (Lipinski definition) is 6. The van der Waals surface area contributed by atoms with E-state index in [2.05, 4.69) is 10.2 Å². The minimum Gasteiger partial charge on any atom is -0.492 e. The zero-order valence-corrected chi connectivity index (χ0v) is 12.0. The van der Waals surface area contributed by atoms with Gasteiger partial charge in [0.2, 0.25) is 0 Å². The minimum absolute atomic E-state index is 0.182. The zero-order chi connectivity index (χ0) is 13.8. The summed E-state index contributed by atoms with van der Waals surface area (Å²) in [5.74, 6) is 0.406. The molecule has 2 rings (SSSR count). The van der Waals surface area contributed by atoms with E-state index in [-0.39, 0.29) is 5.91 Å². The highest BCUT2D eigenvalue weighted by Gasteiger charge is 2.25. The fourth-order valence-electron chi connectivity index (χ4n) is 2.05. The van der Waals surface area contributed by atoms with Crippen molar-refractivity contribution in [1.29, 1.82) is 0 Å². The summed E-state index contributed by atoms with van der Waals surface area (Å²) >= 11 is 1.37. The monoisotopic (exact) mass is 285 g/mol. The molecule has 0 spiro atoms. The highest BCUT2D eigenvalue weighted by atomic mass is 32.1. The summed E-state index contributed by atoms with van der Waals surface area (Å²) in [7, 11) is 3.16. The Morgan fingerprint density at radius 2 is 2.26 bits per heavy atom. The average molecular weight is 285 g/mol. The first-order valence-electron chi connectivity index (χ1n) is 6.20. The van der Waals surface area contributed by atoms with E-state index < -0.39 is 0 Å². The fourth-order valence-corrected chi connectivity index (χ4v) is 3.24. The predicted molar refractivity (Wildman–Crippen MR) is 76.3 cm³/mol. The molecule has 0 bridgehead atoms. The molecule has 0 saturated carbocycles. The lowest BCUT2D eigenvalue weighted by atomic mass is 10.3. The highest BCUT2D eigenvalue weighted by Crippen LogP contribution is 2.44. The van der Waals surface area contributed by atoms with Crippen LogP contribution in [0.25, 0.3) is 0 Å². The summed E-state index contributed by atoms with van der Waals surface area (Å²) in [6, 6.07) is 0. The van der Waals surface area contributed by atoms with Crippen molar-refractivity contribution in [3.63, 3.8) is 0 Å². The third-order valence-electron chi connectivity index (χ3n) is 3.03. The van der Waals surface area contributed by atoms with E-state index in [0.717, 1.165) is 31.1 Å². The molecule has 19 heavy (non-hydrogen) atoms. The second kappa shape index (κ2) is 6.12. The van der Waals surface area contributed by atoms with Gasteiger partial charge >= 0.3 is 0 Å². The van der Waals surface area contributed by atoms with Gasteiger partial charge in [0.1, 0.15) is 15.6 Å². The van der Waals surface area contributed by atoms with Crippen LogP contribution in [0.5, 0.6) is 5.75 Å². The second-order valence-electron chi connectivity index (χ2n) is 4.22. The maximum atomic E-state index is 11.8. The number of carbonyl (C=O) groups is 1. The maximum Gasteiger partial charge on any atom is 0.263 e. The van der Waals surface area contributed by atoms with Crippen LogP contribution in [0.4, 0.5) is 10.7 Å². The highest BCUT2D eigenvalue weighted by molar-refractivity contribution is 7.19. The Labute approximate surface area is 116 Å². The Hall–Kier alpha value is -1.47. The molecule has 1 aliphatic heterocycles. The summed E-state index contributed by atoms with van der Waals surface area (Å²) in [6.45, 7) is 3.10. The molecule has 0 radical (unpaired) electrons. The molecule has 1 amide bonds. The number of rotatable bonds is 3. The van der Waals surface area contributed by atoms with Crippen LogP contribution in [0.15, 0.2) is 0 Å². The first kappa shape index (κ1) is 14.0. The quantitative estimate of drug-likeness (QED) is 0.864. The third-order valence-corrected chi connectivity index (χ3v) is 4.28. The van der Waals surface area contributed by atoms with Gasteiger partial charge < -0.3 is 25.4 Å². The molecule has 2 heterocycles. The molecule has 1 aliphatic rings. The number of nitrogens with zero attached hydrogens (tertiary/aromatic N) is 1. The van der Waals surface area contributed by atoms with Crippen LogP contribution in [0.1, 0.15) is 16.1 Å². The van der Waals surface area contributed by atoms with E-state index in [0.29, 0.717) is 22.9 Å². The molecular weight excluding hydrogens is 266 g/mol. The van der Waals surface area contributed by atoms with Crippen LogP contribution in [0.2, 0.25) is 0 Å². The Morgan fingerprint density at radius 1 is 1.47 bits per heavy atom. The standard InChI is InChI=1S/C12H19N3O3S/c1-14-11(16)10-8(13)9(17-2)12(19-10)15-4-3-6-18-7-5-15/h3-7,13H2,1-2H3,(H,14,16). The molecule has 1 aromatic rings. The van der Waals surface area contributed by atoms with Gasteiger partial charge in [0.15, 0.2) is 5.75 Å². The molecule has 106 valence electrons.